The lowest BCUT2D eigenvalue weighted by Gasteiger charge is -2.16. The molecule has 1 aliphatic carbocycles. The second-order valence-electron chi connectivity index (χ2n) is 7.48. The topological polar surface area (TPSA) is 119 Å². The predicted octanol–water partition coefficient (Wildman–Crippen LogP) is 2.22. The van der Waals surface area contributed by atoms with E-state index in [-0.39, 0.29) is 18.1 Å². The summed E-state index contributed by atoms with van der Waals surface area (Å²) in [6.45, 7) is 2.33. The molecule has 0 saturated heterocycles. The summed E-state index contributed by atoms with van der Waals surface area (Å²) in [7, 11) is 3.85. The number of nitrogens with zero attached hydrogens (tertiary/aromatic N) is 3. The molecule has 1 aliphatic rings. The Morgan fingerprint density at radius 3 is 2.66 bits per heavy atom. The average molecular weight is 459 g/mol. The van der Waals surface area contributed by atoms with E-state index in [0.717, 1.165) is 64.7 Å². The molecule has 0 spiro atoms. The van der Waals surface area contributed by atoms with E-state index in [1.54, 1.807) is 11.3 Å². The van der Waals surface area contributed by atoms with Crippen LogP contribution in [-0.2, 0) is 30.7 Å². The number of thiophene rings is 1. The molecule has 3 aromatic rings. The molecular formula is C22H27FN6O2S. The van der Waals surface area contributed by atoms with Crippen molar-refractivity contribution in [2.75, 3.05) is 26.0 Å². The number of carbonyl (C=O) groups is 2. The lowest BCUT2D eigenvalue weighted by Crippen LogP contribution is -2.23. The molecule has 0 atom stereocenters. The third kappa shape index (κ3) is 5.14. The van der Waals surface area contributed by atoms with E-state index in [9.17, 15) is 9.18 Å². The number of aryl methyl sites for hydroxylation is 1. The van der Waals surface area contributed by atoms with E-state index in [1.807, 2.05) is 30.9 Å². The molecule has 1 aromatic carbocycles. The summed E-state index contributed by atoms with van der Waals surface area (Å²) in [4.78, 5) is 23.8. The van der Waals surface area contributed by atoms with E-state index in [0.29, 0.717) is 5.56 Å². The van der Waals surface area contributed by atoms with Crippen LogP contribution in [0.5, 0.6) is 0 Å². The quantitative estimate of drug-likeness (QED) is 0.469. The molecule has 170 valence electrons. The van der Waals surface area contributed by atoms with Gasteiger partial charge in [0.05, 0.1) is 17.8 Å². The molecule has 5 N–H and O–H groups in total. The maximum Gasteiger partial charge on any atom is 0.251 e. The van der Waals surface area contributed by atoms with Crippen molar-refractivity contribution in [1.82, 2.24) is 14.7 Å². The van der Waals surface area contributed by atoms with Crippen LogP contribution in [0.1, 0.15) is 27.2 Å². The predicted molar refractivity (Wildman–Crippen MR) is 124 cm³/mol. The Balaban J connectivity index is 0.000000913. The van der Waals surface area contributed by atoms with Crippen LogP contribution in [0.3, 0.4) is 0 Å². The van der Waals surface area contributed by atoms with Gasteiger partial charge in [-0.15, -0.1) is 11.3 Å². The van der Waals surface area contributed by atoms with E-state index in [2.05, 4.69) is 22.1 Å². The molecule has 32 heavy (non-hydrogen) atoms. The Bertz CT molecular complexity index is 1090. The number of amides is 2. The monoisotopic (exact) mass is 458 g/mol. The summed E-state index contributed by atoms with van der Waals surface area (Å²) in [5, 5.41) is 8.68. The minimum atomic E-state index is -0.384. The summed E-state index contributed by atoms with van der Waals surface area (Å²) in [6, 6.07) is 6.60. The molecular weight excluding hydrogens is 431 g/mol. The minimum absolute atomic E-state index is 0.215. The first-order chi connectivity index (χ1) is 15.4. The van der Waals surface area contributed by atoms with Gasteiger partial charge in [-0.3, -0.25) is 14.3 Å². The van der Waals surface area contributed by atoms with Gasteiger partial charge < -0.3 is 21.7 Å². The standard InChI is InChI=1S/C21H24FN5OS.CH3NO/c1-24-21-18(20(23)28)15-7-8-17-16(19(15)29-21)12-27(25-17)10-9-26(2)11-13-3-5-14(22)6-4-13;2-1-3/h3-6,12,24H,7-11H2,1-2H3,(H2,23,28);1H,(H2,2,3). The Labute approximate surface area is 190 Å². The number of aromatic nitrogens is 2. The van der Waals surface area contributed by atoms with Crippen molar-refractivity contribution in [3.8, 4) is 10.4 Å². The van der Waals surface area contributed by atoms with Gasteiger partial charge in [0, 0.05) is 36.8 Å². The van der Waals surface area contributed by atoms with Crippen molar-refractivity contribution in [2.24, 2.45) is 11.5 Å². The highest BCUT2D eigenvalue weighted by Gasteiger charge is 2.28. The van der Waals surface area contributed by atoms with Gasteiger partial charge in [-0.2, -0.15) is 5.10 Å². The van der Waals surface area contributed by atoms with Gasteiger partial charge in [0.25, 0.3) is 5.91 Å². The summed E-state index contributed by atoms with van der Waals surface area (Å²) in [6.07, 6.45) is 3.90. The molecule has 0 unspecified atom stereocenters. The van der Waals surface area contributed by atoms with Crippen molar-refractivity contribution in [3.63, 3.8) is 0 Å². The number of likely N-dealkylation sites (N-methyl/N-ethyl adjacent to an activating group) is 1. The van der Waals surface area contributed by atoms with E-state index < -0.39 is 0 Å². The van der Waals surface area contributed by atoms with Gasteiger partial charge in [-0.1, -0.05) is 12.1 Å². The van der Waals surface area contributed by atoms with Crippen molar-refractivity contribution in [2.45, 2.75) is 25.9 Å². The molecule has 0 bridgehead atoms. The molecule has 2 aromatic heterocycles. The molecule has 10 heteroatoms. The van der Waals surface area contributed by atoms with Gasteiger partial charge in [0.1, 0.15) is 10.8 Å². The van der Waals surface area contributed by atoms with Crippen molar-refractivity contribution in [3.05, 3.63) is 58.7 Å². The van der Waals surface area contributed by atoms with Crippen LogP contribution in [0, 0.1) is 5.82 Å². The summed E-state index contributed by atoms with van der Waals surface area (Å²) in [5.41, 5.74) is 14.7. The van der Waals surface area contributed by atoms with Crippen LogP contribution >= 0.6 is 11.3 Å². The Kier molecular flexibility index (Phi) is 7.60. The molecule has 4 rings (SSSR count). The normalized spacial score (nSPS) is 11.9. The summed E-state index contributed by atoms with van der Waals surface area (Å²) >= 11 is 1.57. The zero-order chi connectivity index (χ0) is 23.3. The highest BCUT2D eigenvalue weighted by atomic mass is 32.1. The van der Waals surface area contributed by atoms with Crippen molar-refractivity contribution in [1.29, 1.82) is 0 Å². The SMILES string of the molecule is CNc1sc2c(c1C(N)=O)CCc1nn(CCN(C)Cc3ccc(F)cc3)cc1-2.NC=O. The van der Waals surface area contributed by atoms with Gasteiger partial charge in [-0.05, 0) is 43.1 Å². The summed E-state index contributed by atoms with van der Waals surface area (Å²) < 4.78 is 15.0. The number of primary amides is 2. The lowest BCUT2D eigenvalue weighted by atomic mass is 9.94. The van der Waals surface area contributed by atoms with Crippen LogP contribution in [0.25, 0.3) is 10.4 Å². The van der Waals surface area contributed by atoms with Crippen LogP contribution in [0.15, 0.2) is 30.5 Å². The van der Waals surface area contributed by atoms with E-state index in [4.69, 9.17) is 15.6 Å². The highest BCUT2D eigenvalue weighted by Crippen LogP contribution is 2.44. The van der Waals surface area contributed by atoms with Gasteiger partial charge in [-0.25, -0.2) is 4.39 Å². The number of rotatable bonds is 7. The number of benzene rings is 1. The first-order valence-corrected chi connectivity index (χ1v) is 11.0. The third-order valence-corrected chi connectivity index (χ3v) is 6.53. The van der Waals surface area contributed by atoms with Crippen LogP contribution in [0.2, 0.25) is 0 Å². The van der Waals surface area contributed by atoms with E-state index >= 15 is 0 Å². The average Bonchev–Trinajstić information content (AvgIpc) is 3.35. The molecule has 2 amide bonds. The van der Waals surface area contributed by atoms with Gasteiger partial charge >= 0.3 is 0 Å². The van der Waals surface area contributed by atoms with Crippen LogP contribution < -0.4 is 16.8 Å². The summed E-state index contributed by atoms with van der Waals surface area (Å²) in [5.74, 6) is -0.600. The Morgan fingerprint density at radius 2 is 2.03 bits per heavy atom. The number of hydrogen-bond acceptors (Lipinski definition) is 6. The first-order valence-electron chi connectivity index (χ1n) is 10.2. The Morgan fingerprint density at radius 1 is 1.34 bits per heavy atom. The molecule has 0 radical (unpaired) electrons. The minimum Gasteiger partial charge on any atom is -0.379 e. The van der Waals surface area contributed by atoms with Crippen molar-refractivity contribution < 1.29 is 14.0 Å². The Hall–Kier alpha value is -3.24. The fourth-order valence-electron chi connectivity index (χ4n) is 3.81. The second kappa shape index (κ2) is 10.4. The zero-order valence-electron chi connectivity index (χ0n) is 18.1. The molecule has 0 saturated carbocycles. The first kappa shape index (κ1) is 23.4. The fourth-order valence-corrected chi connectivity index (χ4v) is 5.05. The smallest absolute Gasteiger partial charge is 0.251 e. The number of carbonyl (C=O) groups excluding carboxylic acids is 2. The third-order valence-electron chi connectivity index (χ3n) is 5.25. The number of halogens is 1. The molecule has 2 heterocycles. The number of nitrogens with two attached hydrogens (primary N) is 2. The van der Waals surface area contributed by atoms with Gasteiger partial charge in [0.2, 0.25) is 6.41 Å². The second-order valence-corrected chi connectivity index (χ2v) is 8.50. The maximum atomic E-state index is 13.1. The van der Waals surface area contributed by atoms with Crippen LogP contribution in [0.4, 0.5) is 9.39 Å². The fraction of sp³-hybridized carbons (Fsp3) is 0.318. The lowest BCUT2D eigenvalue weighted by molar-refractivity contribution is -0.106. The zero-order valence-corrected chi connectivity index (χ0v) is 18.9. The highest BCUT2D eigenvalue weighted by molar-refractivity contribution is 7.20. The number of anilines is 1. The molecule has 0 fully saturated rings. The molecule has 0 aliphatic heterocycles. The maximum absolute atomic E-state index is 13.1. The molecule has 8 nitrogen and oxygen atoms in total. The number of nitrogens with one attached hydrogen (secondary N) is 1. The van der Waals surface area contributed by atoms with Gasteiger partial charge in [0.15, 0.2) is 0 Å². The van der Waals surface area contributed by atoms with E-state index in [1.165, 1.54) is 12.1 Å². The number of fused-ring (bicyclic) bond motifs is 3. The largest absolute Gasteiger partial charge is 0.379 e. The number of hydrogen-bond donors (Lipinski definition) is 3. The van der Waals surface area contributed by atoms with Crippen LogP contribution in [-0.4, -0.2) is 47.6 Å². The van der Waals surface area contributed by atoms with Crippen molar-refractivity contribution >= 4 is 28.7 Å².